The van der Waals surface area contributed by atoms with E-state index in [0.29, 0.717) is 13.0 Å². The Labute approximate surface area is 199 Å². The molecule has 4 heterocycles. The zero-order valence-electron chi connectivity index (χ0n) is 18.2. The molecule has 1 saturated heterocycles. The van der Waals surface area contributed by atoms with Gasteiger partial charge in [-0.25, -0.2) is 9.97 Å². The van der Waals surface area contributed by atoms with Crippen molar-refractivity contribution < 1.29 is 4.79 Å². The zero-order valence-corrected chi connectivity index (χ0v) is 19.8. The van der Waals surface area contributed by atoms with Crippen molar-refractivity contribution in [3.63, 3.8) is 0 Å². The average Bonchev–Trinajstić information content (AvgIpc) is 3.57. The van der Waals surface area contributed by atoms with E-state index in [4.69, 9.17) is 4.98 Å². The first-order valence-corrected chi connectivity index (χ1v) is 12.8. The number of thiazole rings is 1. The van der Waals surface area contributed by atoms with Crippen molar-refractivity contribution >= 4 is 54.7 Å². The van der Waals surface area contributed by atoms with Gasteiger partial charge in [-0.2, -0.15) is 0 Å². The van der Waals surface area contributed by atoms with E-state index >= 15 is 0 Å². The second-order valence-electron chi connectivity index (χ2n) is 8.42. The van der Waals surface area contributed by atoms with Gasteiger partial charge < -0.3 is 14.8 Å². The number of imidazole rings is 1. The summed E-state index contributed by atoms with van der Waals surface area (Å²) in [5.74, 6) is 0.996. The van der Waals surface area contributed by atoms with Crippen LogP contribution in [-0.4, -0.2) is 51.4 Å². The van der Waals surface area contributed by atoms with Gasteiger partial charge in [-0.1, -0.05) is 30.3 Å². The maximum Gasteiger partial charge on any atom is 0.227 e. The van der Waals surface area contributed by atoms with Gasteiger partial charge in [0.25, 0.3) is 0 Å². The van der Waals surface area contributed by atoms with Gasteiger partial charge in [0.15, 0.2) is 5.82 Å². The number of benzene rings is 2. The van der Waals surface area contributed by atoms with Crippen LogP contribution in [0.25, 0.3) is 32.6 Å². The van der Waals surface area contributed by atoms with Crippen molar-refractivity contribution in [2.75, 3.05) is 24.5 Å². The molecule has 1 amide bonds. The number of nitrogens with one attached hydrogen (secondary N) is 1. The molecule has 1 aliphatic heterocycles. The molecule has 1 atom stereocenters. The maximum absolute atomic E-state index is 13.2. The number of para-hydroxylation sites is 2. The summed E-state index contributed by atoms with van der Waals surface area (Å²) < 4.78 is 1.24. The molecule has 0 radical (unpaired) electrons. The third-order valence-electron chi connectivity index (χ3n) is 6.30. The highest BCUT2D eigenvalue weighted by Crippen LogP contribution is 2.34. The number of thiophene rings is 1. The zero-order chi connectivity index (χ0) is 22.4. The quantitative estimate of drug-likeness (QED) is 0.391. The Balaban J connectivity index is 1.19. The highest BCUT2D eigenvalue weighted by atomic mass is 32.1. The third kappa shape index (κ3) is 3.69. The molecule has 1 N–H and O–H groups in total. The second-order valence-corrected chi connectivity index (χ2v) is 10.2. The van der Waals surface area contributed by atoms with Gasteiger partial charge in [0.05, 0.1) is 23.0 Å². The molecule has 1 aliphatic rings. The summed E-state index contributed by atoms with van der Waals surface area (Å²) in [5, 5.41) is 4.43. The molecular weight excluding hydrogens is 450 g/mol. The number of carbonyl (C=O) groups excluding carboxylic acids is 1. The molecule has 8 heteroatoms. The van der Waals surface area contributed by atoms with Crippen LogP contribution < -0.4 is 4.90 Å². The summed E-state index contributed by atoms with van der Waals surface area (Å²) in [6, 6.07) is 16.5. The molecule has 1 fully saturated rings. The first-order valence-electron chi connectivity index (χ1n) is 11.1. The molecule has 0 aliphatic carbocycles. The normalized spacial score (nSPS) is 16.7. The molecule has 0 spiro atoms. The summed E-state index contributed by atoms with van der Waals surface area (Å²) in [4.78, 5) is 30.3. The molecule has 1 unspecified atom stereocenters. The number of hydrogen-bond acceptors (Lipinski definition) is 6. The monoisotopic (exact) mass is 473 g/mol. The molecule has 166 valence electrons. The fraction of sp³-hybridized carbons (Fsp3) is 0.240. The highest BCUT2D eigenvalue weighted by molar-refractivity contribution is 7.17. The number of piperazine rings is 1. The SMILES string of the molecule is CC1CN(c2scnc2-c2nc3ccccc3[nH]2)CCN1C(=O)Cc1csc2ccccc12. The van der Waals surface area contributed by atoms with Crippen LogP contribution in [0.15, 0.2) is 59.4 Å². The molecule has 0 saturated carbocycles. The minimum absolute atomic E-state index is 0.127. The van der Waals surface area contributed by atoms with Crippen LogP contribution in [0.1, 0.15) is 12.5 Å². The molecule has 0 bridgehead atoms. The van der Waals surface area contributed by atoms with E-state index in [1.165, 1.54) is 10.1 Å². The van der Waals surface area contributed by atoms with Crippen molar-refractivity contribution in [3.8, 4) is 11.5 Å². The van der Waals surface area contributed by atoms with Crippen LogP contribution >= 0.6 is 22.7 Å². The Bertz CT molecular complexity index is 1420. The third-order valence-corrected chi connectivity index (χ3v) is 8.20. The summed E-state index contributed by atoms with van der Waals surface area (Å²) in [6.45, 7) is 4.42. The Kier molecular flexibility index (Phi) is 5.11. The lowest BCUT2D eigenvalue weighted by Gasteiger charge is -2.40. The van der Waals surface area contributed by atoms with E-state index in [0.717, 1.165) is 46.2 Å². The predicted molar refractivity (Wildman–Crippen MR) is 136 cm³/mol. The molecule has 6 nitrogen and oxygen atoms in total. The topological polar surface area (TPSA) is 65.1 Å². The predicted octanol–water partition coefficient (Wildman–Crippen LogP) is 5.18. The minimum Gasteiger partial charge on any atom is -0.358 e. The lowest BCUT2D eigenvalue weighted by atomic mass is 10.1. The molecule has 3 aromatic heterocycles. The standard InChI is InChI=1S/C25H23N5OS2/c1-16-13-29(25-23(26-15-33-25)24-27-19-7-3-4-8-20(19)28-24)10-11-30(16)22(31)12-17-14-32-21-9-5-2-6-18(17)21/h2-9,14-16H,10-13H2,1H3,(H,27,28). The van der Waals surface area contributed by atoms with Crippen molar-refractivity contribution in [3.05, 3.63) is 65.0 Å². The first-order chi connectivity index (χ1) is 16.2. The number of fused-ring (bicyclic) bond motifs is 2. The number of hydrogen-bond donors (Lipinski definition) is 1. The fourth-order valence-electron chi connectivity index (χ4n) is 4.64. The maximum atomic E-state index is 13.2. The molecule has 5 aromatic rings. The largest absolute Gasteiger partial charge is 0.358 e. The Morgan fingerprint density at radius 3 is 2.85 bits per heavy atom. The van der Waals surface area contributed by atoms with Gasteiger partial charge in [0.1, 0.15) is 10.7 Å². The summed E-state index contributed by atoms with van der Waals surface area (Å²) >= 11 is 3.34. The Morgan fingerprint density at radius 1 is 1.12 bits per heavy atom. The Morgan fingerprint density at radius 2 is 1.97 bits per heavy atom. The lowest BCUT2D eigenvalue weighted by Crippen LogP contribution is -2.54. The van der Waals surface area contributed by atoms with Crippen LogP contribution in [0.2, 0.25) is 0 Å². The van der Waals surface area contributed by atoms with Gasteiger partial charge in [-0.3, -0.25) is 4.79 Å². The van der Waals surface area contributed by atoms with E-state index < -0.39 is 0 Å². The average molecular weight is 474 g/mol. The van der Waals surface area contributed by atoms with E-state index in [2.05, 4.69) is 39.3 Å². The van der Waals surface area contributed by atoms with E-state index in [9.17, 15) is 4.79 Å². The molecule has 2 aromatic carbocycles. The van der Waals surface area contributed by atoms with Gasteiger partial charge in [0.2, 0.25) is 5.91 Å². The lowest BCUT2D eigenvalue weighted by molar-refractivity contribution is -0.132. The van der Waals surface area contributed by atoms with Crippen molar-refractivity contribution in [1.82, 2.24) is 19.9 Å². The minimum atomic E-state index is 0.127. The summed E-state index contributed by atoms with van der Waals surface area (Å²) in [6.07, 6.45) is 0.457. The van der Waals surface area contributed by atoms with Crippen molar-refractivity contribution in [2.24, 2.45) is 0 Å². The fourth-order valence-corrected chi connectivity index (χ4v) is 6.44. The number of aromatic amines is 1. The van der Waals surface area contributed by atoms with E-state index in [1.807, 2.05) is 46.8 Å². The van der Waals surface area contributed by atoms with Gasteiger partial charge in [-0.05, 0) is 41.5 Å². The number of anilines is 1. The number of H-pyrrole nitrogens is 1. The number of carbonyl (C=O) groups is 1. The summed E-state index contributed by atoms with van der Waals surface area (Å²) in [5.41, 5.74) is 5.84. The number of nitrogens with zero attached hydrogens (tertiary/aromatic N) is 4. The molecule has 33 heavy (non-hydrogen) atoms. The van der Waals surface area contributed by atoms with E-state index in [-0.39, 0.29) is 11.9 Å². The van der Waals surface area contributed by atoms with E-state index in [1.54, 1.807) is 22.7 Å². The van der Waals surface area contributed by atoms with Gasteiger partial charge in [0, 0.05) is 30.4 Å². The van der Waals surface area contributed by atoms with Crippen LogP contribution in [-0.2, 0) is 11.2 Å². The first kappa shape index (κ1) is 20.4. The highest BCUT2D eigenvalue weighted by Gasteiger charge is 2.30. The number of aromatic nitrogens is 3. The number of rotatable bonds is 4. The van der Waals surface area contributed by atoms with Crippen LogP contribution in [0.3, 0.4) is 0 Å². The smallest absolute Gasteiger partial charge is 0.227 e. The number of amides is 1. The van der Waals surface area contributed by atoms with Crippen LogP contribution in [0.4, 0.5) is 5.00 Å². The second kappa shape index (κ2) is 8.28. The van der Waals surface area contributed by atoms with Gasteiger partial charge >= 0.3 is 0 Å². The molecular formula is C25H23N5OS2. The van der Waals surface area contributed by atoms with Crippen LogP contribution in [0, 0.1) is 0 Å². The Hall–Kier alpha value is -3.23. The van der Waals surface area contributed by atoms with Crippen LogP contribution in [0.5, 0.6) is 0 Å². The van der Waals surface area contributed by atoms with Crippen molar-refractivity contribution in [2.45, 2.75) is 19.4 Å². The summed E-state index contributed by atoms with van der Waals surface area (Å²) in [7, 11) is 0. The van der Waals surface area contributed by atoms with Gasteiger partial charge in [-0.15, -0.1) is 22.7 Å². The van der Waals surface area contributed by atoms with Crippen molar-refractivity contribution in [1.29, 1.82) is 0 Å². The molecule has 6 rings (SSSR count).